The van der Waals surface area contributed by atoms with Crippen LogP contribution >= 0.6 is 0 Å². The molecule has 4 unspecified atom stereocenters. The Balaban J connectivity index is 1.29. The lowest BCUT2D eigenvalue weighted by Crippen LogP contribution is -2.58. The number of aromatic amines is 1. The van der Waals surface area contributed by atoms with Gasteiger partial charge < -0.3 is 4.57 Å². The van der Waals surface area contributed by atoms with E-state index in [0.29, 0.717) is 29.3 Å². The average Bonchev–Trinajstić information content (AvgIpc) is 2.87. The SMILES string of the molecule is Cc1cc(=O)[nH]c(=O)n1-c1nc2ccccc2n(C2CC3CCCC(C2)N3C2CC3CCCC(C3)C2)c1=O. The molecule has 8 nitrogen and oxygen atoms in total. The third kappa shape index (κ3) is 3.99. The first kappa shape index (κ1) is 24.1. The summed E-state index contributed by atoms with van der Waals surface area (Å²) < 4.78 is 3.18. The van der Waals surface area contributed by atoms with E-state index in [1.165, 1.54) is 68.4 Å². The van der Waals surface area contributed by atoms with Gasteiger partial charge in [0.2, 0.25) is 5.82 Å². The lowest BCUT2D eigenvalue weighted by Gasteiger charge is -2.55. The van der Waals surface area contributed by atoms with Gasteiger partial charge in [-0.05, 0) is 75.8 Å². The average molecular weight is 516 g/mol. The van der Waals surface area contributed by atoms with E-state index in [-0.39, 0.29) is 17.4 Å². The minimum atomic E-state index is -0.629. The van der Waals surface area contributed by atoms with Crippen molar-refractivity contribution in [3.8, 4) is 5.82 Å². The van der Waals surface area contributed by atoms with Crippen molar-refractivity contribution in [1.29, 1.82) is 0 Å². The van der Waals surface area contributed by atoms with E-state index in [0.717, 1.165) is 30.2 Å². The molecule has 0 spiro atoms. The zero-order valence-electron chi connectivity index (χ0n) is 22.1. The van der Waals surface area contributed by atoms with Crippen LogP contribution in [0, 0.1) is 18.8 Å². The first-order valence-corrected chi connectivity index (χ1v) is 14.6. The summed E-state index contributed by atoms with van der Waals surface area (Å²) in [5.74, 6) is 1.87. The van der Waals surface area contributed by atoms with Crippen LogP contribution in [0.1, 0.15) is 82.4 Å². The van der Waals surface area contributed by atoms with Gasteiger partial charge in [-0.25, -0.2) is 14.3 Å². The Morgan fingerprint density at radius 1 is 0.816 bits per heavy atom. The fourth-order valence-electron chi connectivity index (χ4n) is 8.66. The molecule has 0 radical (unpaired) electrons. The maximum atomic E-state index is 14.1. The normalized spacial score (nSPS) is 31.4. The molecule has 4 heterocycles. The minimum Gasteiger partial charge on any atom is -0.300 e. The maximum absolute atomic E-state index is 14.1. The Kier molecular flexibility index (Phi) is 5.91. The molecule has 7 rings (SSSR count). The van der Waals surface area contributed by atoms with Crippen molar-refractivity contribution in [3.05, 3.63) is 67.2 Å². The predicted octanol–water partition coefficient (Wildman–Crippen LogP) is 4.07. The molecule has 38 heavy (non-hydrogen) atoms. The van der Waals surface area contributed by atoms with E-state index >= 15 is 0 Å². The van der Waals surface area contributed by atoms with Gasteiger partial charge in [-0.2, -0.15) is 0 Å². The molecule has 4 bridgehead atoms. The summed E-state index contributed by atoms with van der Waals surface area (Å²) in [7, 11) is 0. The number of nitrogens with one attached hydrogen (secondary N) is 1. The van der Waals surface area contributed by atoms with Gasteiger partial charge in [0, 0.05) is 35.9 Å². The van der Waals surface area contributed by atoms with Gasteiger partial charge in [-0.15, -0.1) is 0 Å². The van der Waals surface area contributed by atoms with Gasteiger partial charge in [0.15, 0.2) is 0 Å². The van der Waals surface area contributed by atoms with Gasteiger partial charge in [0.1, 0.15) is 0 Å². The first-order chi connectivity index (χ1) is 18.5. The van der Waals surface area contributed by atoms with Crippen molar-refractivity contribution < 1.29 is 0 Å². The maximum Gasteiger partial charge on any atom is 0.334 e. The Labute approximate surface area is 221 Å². The molecular formula is C30H37N5O3. The smallest absolute Gasteiger partial charge is 0.300 e. The molecule has 2 aliphatic heterocycles. The molecule has 2 saturated carbocycles. The van der Waals surface area contributed by atoms with Crippen LogP contribution in [0.4, 0.5) is 0 Å². The molecular weight excluding hydrogens is 478 g/mol. The second-order valence-corrected chi connectivity index (χ2v) is 12.3. The minimum absolute atomic E-state index is 0.0579. The molecule has 8 heteroatoms. The van der Waals surface area contributed by atoms with Crippen LogP contribution in [0.15, 0.2) is 44.7 Å². The predicted molar refractivity (Wildman–Crippen MR) is 147 cm³/mol. The van der Waals surface area contributed by atoms with Crippen molar-refractivity contribution in [2.24, 2.45) is 11.8 Å². The highest BCUT2D eigenvalue weighted by Gasteiger charge is 2.45. The van der Waals surface area contributed by atoms with Crippen molar-refractivity contribution >= 4 is 11.0 Å². The van der Waals surface area contributed by atoms with E-state index in [9.17, 15) is 14.4 Å². The number of para-hydroxylation sites is 2. The fourth-order valence-corrected chi connectivity index (χ4v) is 8.66. The summed E-state index contributed by atoms with van der Waals surface area (Å²) in [6.45, 7) is 1.67. The van der Waals surface area contributed by atoms with Crippen LogP contribution in [0.2, 0.25) is 0 Å². The number of benzene rings is 1. The van der Waals surface area contributed by atoms with Crippen LogP contribution in [0.3, 0.4) is 0 Å². The number of fused-ring (bicyclic) bond motifs is 5. The zero-order chi connectivity index (χ0) is 26.0. The number of aryl methyl sites for hydroxylation is 1. The molecule has 2 aliphatic carbocycles. The van der Waals surface area contributed by atoms with Crippen molar-refractivity contribution in [2.75, 3.05) is 0 Å². The summed E-state index contributed by atoms with van der Waals surface area (Å²) in [6.07, 6.45) is 13.9. The quantitative estimate of drug-likeness (QED) is 0.568. The summed E-state index contributed by atoms with van der Waals surface area (Å²) in [4.78, 5) is 48.7. The first-order valence-electron chi connectivity index (χ1n) is 14.6. The third-order valence-electron chi connectivity index (χ3n) is 10.0. The van der Waals surface area contributed by atoms with Crippen LogP contribution in [0.5, 0.6) is 0 Å². The molecule has 4 atom stereocenters. The fraction of sp³-hybridized carbons (Fsp3) is 0.600. The molecule has 0 amide bonds. The lowest BCUT2D eigenvalue weighted by molar-refractivity contribution is -0.0485. The van der Waals surface area contributed by atoms with Crippen molar-refractivity contribution in [2.45, 2.75) is 102 Å². The number of piperidine rings is 2. The standard InChI is InChI=1S/C30H37N5O3/c1-18-12-27(36)32-30(38)33(18)28-29(37)35(26-11-3-2-10-25(26)31-28)24-16-21-8-5-9-22(17-24)34(21)23-14-19-6-4-7-20(13-19)15-23/h2-3,10-12,19-24H,4-9,13-17H2,1H3,(H,32,36,38). The summed E-state index contributed by atoms with van der Waals surface area (Å²) >= 11 is 0. The molecule has 1 aromatic carbocycles. The Morgan fingerprint density at radius 2 is 1.50 bits per heavy atom. The summed E-state index contributed by atoms with van der Waals surface area (Å²) in [5, 5.41) is 0. The van der Waals surface area contributed by atoms with E-state index in [2.05, 4.69) is 14.9 Å². The van der Waals surface area contributed by atoms with E-state index in [1.54, 1.807) is 6.92 Å². The molecule has 2 saturated heterocycles. The van der Waals surface area contributed by atoms with Crippen molar-refractivity contribution in [3.63, 3.8) is 0 Å². The highest BCUT2D eigenvalue weighted by molar-refractivity contribution is 5.75. The number of nitrogens with zero attached hydrogens (tertiary/aromatic N) is 4. The number of H-pyrrole nitrogens is 1. The molecule has 1 N–H and O–H groups in total. The van der Waals surface area contributed by atoms with Crippen LogP contribution in [-0.2, 0) is 0 Å². The van der Waals surface area contributed by atoms with Gasteiger partial charge >= 0.3 is 5.69 Å². The molecule has 3 aromatic rings. The number of hydrogen-bond donors (Lipinski definition) is 1. The Hall–Kier alpha value is -3.00. The largest absolute Gasteiger partial charge is 0.334 e. The molecule has 200 valence electrons. The van der Waals surface area contributed by atoms with Crippen LogP contribution in [-0.4, -0.2) is 42.1 Å². The molecule has 4 fully saturated rings. The number of aromatic nitrogens is 4. The van der Waals surface area contributed by atoms with E-state index in [1.807, 2.05) is 28.8 Å². The second-order valence-electron chi connectivity index (χ2n) is 12.3. The van der Waals surface area contributed by atoms with E-state index in [4.69, 9.17) is 0 Å². The summed E-state index contributed by atoms with van der Waals surface area (Å²) in [5.41, 5.74) is 0.546. The van der Waals surface area contributed by atoms with Gasteiger partial charge in [0.05, 0.1) is 11.0 Å². The van der Waals surface area contributed by atoms with Gasteiger partial charge in [-0.3, -0.25) is 19.5 Å². The Morgan fingerprint density at radius 3 is 2.21 bits per heavy atom. The monoisotopic (exact) mass is 515 g/mol. The Bertz CT molecular complexity index is 1530. The number of hydrogen-bond acceptors (Lipinski definition) is 5. The van der Waals surface area contributed by atoms with E-state index < -0.39 is 11.2 Å². The topological polar surface area (TPSA) is 93.0 Å². The highest BCUT2D eigenvalue weighted by atomic mass is 16.2. The lowest BCUT2D eigenvalue weighted by atomic mass is 9.68. The summed E-state index contributed by atoms with van der Waals surface area (Å²) in [6, 6.07) is 10.8. The zero-order valence-corrected chi connectivity index (χ0v) is 22.1. The van der Waals surface area contributed by atoms with Gasteiger partial charge in [-0.1, -0.05) is 37.8 Å². The number of rotatable bonds is 3. The van der Waals surface area contributed by atoms with Crippen LogP contribution in [0.25, 0.3) is 16.9 Å². The molecule has 2 aromatic heterocycles. The van der Waals surface area contributed by atoms with Crippen LogP contribution < -0.4 is 16.8 Å². The third-order valence-corrected chi connectivity index (χ3v) is 10.0. The second kappa shape index (κ2) is 9.33. The van der Waals surface area contributed by atoms with Crippen molar-refractivity contribution in [1.82, 2.24) is 24.0 Å². The van der Waals surface area contributed by atoms with Gasteiger partial charge in [0.25, 0.3) is 11.1 Å². The molecule has 4 aliphatic rings. The highest BCUT2D eigenvalue weighted by Crippen LogP contribution is 2.47.